The predicted molar refractivity (Wildman–Crippen MR) is 119 cm³/mol. The number of carbonyl (C=O) groups excluding carboxylic acids is 2. The lowest BCUT2D eigenvalue weighted by Gasteiger charge is -2.33. The van der Waals surface area contributed by atoms with Gasteiger partial charge in [0.15, 0.2) is 0 Å². The second-order valence-corrected chi connectivity index (χ2v) is 8.29. The van der Waals surface area contributed by atoms with E-state index in [1.807, 2.05) is 18.2 Å². The van der Waals surface area contributed by atoms with Gasteiger partial charge in [0.05, 0.1) is 0 Å². The van der Waals surface area contributed by atoms with Crippen molar-refractivity contribution in [3.05, 3.63) is 64.6 Å². The van der Waals surface area contributed by atoms with Gasteiger partial charge in [-0.25, -0.2) is 4.79 Å². The fraction of sp³-hybridized carbons (Fsp3) is 0.364. The molecule has 3 N–H and O–H groups in total. The van der Waals surface area contributed by atoms with Crippen LogP contribution in [0.15, 0.2) is 59.1 Å². The van der Waals surface area contributed by atoms with Crippen LogP contribution in [0.4, 0.5) is 10.5 Å². The molecule has 1 aliphatic rings. The second kappa shape index (κ2) is 10.4. The summed E-state index contributed by atoms with van der Waals surface area (Å²) in [6, 6.07) is 16.9. The highest BCUT2D eigenvalue weighted by atomic mass is 79.9. The molecule has 0 bridgehead atoms. The lowest BCUT2D eigenvalue weighted by atomic mass is 10.0. The van der Waals surface area contributed by atoms with Crippen molar-refractivity contribution in [3.63, 3.8) is 0 Å². The average Bonchev–Trinajstić information content (AvgIpc) is 2.70. The Kier molecular flexibility index (Phi) is 7.66. The van der Waals surface area contributed by atoms with Crippen molar-refractivity contribution in [2.45, 2.75) is 38.4 Å². The molecular weight excluding hydrogens is 432 g/mol. The molecule has 0 radical (unpaired) electrons. The van der Waals surface area contributed by atoms with Crippen molar-refractivity contribution in [2.75, 3.05) is 18.4 Å². The van der Waals surface area contributed by atoms with Crippen LogP contribution in [0.1, 0.15) is 25.3 Å². The van der Waals surface area contributed by atoms with E-state index in [2.05, 4.69) is 61.0 Å². The smallest absolute Gasteiger partial charge is 0.319 e. The van der Waals surface area contributed by atoms with Crippen LogP contribution in [0.3, 0.4) is 0 Å². The van der Waals surface area contributed by atoms with Crippen molar-refractivity contribution in [1.29, 1.82) is 0 Å². The molecule has 1 atom stereocenters. The largest absolute Gasteiger partial charge is 0.351 e. The first-order valence-electron chi connectivity index (χ1n) is 9.89. The quantitative estimate of drug-likeness (QED) is 0.617. The summed E-state index contributed by atoms with van der Waals surface area (Å²) in [4.78, 5) is 27.0. The summed E-state index contributed by atoms with van der Waals surface area (Å²) in [5, 5.41) is 8.49. The molecule has 7 heteroatoms. The molecule has 1 fully saturated rings. The third-order valence-corrected chi connectivity index (χ3v) is 5.50. The standard InChI is InChI=1S/C22H27BrN4O2/c1-16(24-22(29)26-20-9-5-8-18(23)14-20)21(28)25-19-10-12-27(13-11-19)15-17-6-3-2-4-7-17/h2-9,14,16,19H,10-13,15H2,1H3,(H,25,28)(H2,24,26,29). The molecule has 1 aliphatic heterocycles. The molecule has 0 saturated carbocycles. The van der Waals surface area contributed by atoms with Crippen molar-refractivity contribution in [1.82, 2.24) is 15.5 Å². The number of rotatable bonds is 6. The van der Waals surface area contributed by atoms with Crippen molar-refractivity contribution < 1.29 is 9.59 Å². The van der Waals surface area contributed by atoms with Gasteiger partial charge < -0.3 is 16.0 Å². The molecule has 0 aliphatic carbocycles. The molecular formula is C22H27BrN4O2. The zero-order valence-corrected chi connectivity index (χ0v) is 18.1. The monoisotopic (exact) mass is 458 g/mol. The van der Waals surface area contributed by atoms with Gasteiger partial charge in [-0.1, -0.05) is 52.3 Å². The number of nitrogens with zero attached hydrogens (tertiary/aromatic N) is 1. The van der Waals surface area contributed by atoms with Gasteiger partial charge in [-0.15, -0.1) is 0 Å². The Balaban J connectivity index is 1.39. The second-order valence-electron chi connectivity index (χ2n) is 7.38. The number of benzene rings is 2. The van der Waals surface area contributed by atoms with E-state index in [0.29, 0.717) is 5.69 Å². The summed E-state index contributed by atoms with van der Waals surface area (Å²) in [6.07, 6.45) is 1.82. The number of piperidine rings is 1. The third kappa shape index (κ3) is 6.87. The Hall–Kier alpha value is -2.38. The molecule has 3 rings (SSSR count). The van der Waals surface area contributed by atoms with Crippen molar-refractivity contribution >= 4 is 33.6 Å². The molecule has 1 saturated heterocycles. The van der Waals surface area contributed by atoms with Crippen LogP contribution in [0.25, 0.3) is 0 Å². The first-order chi connectivity index (χ1) is 14.0. The SMILES string of the molecule is CC(NC(=O)Nc1cccc(Br)c1)C(=O)NC1CCN(Cc2ccccc2)CC1. The van der Waals surface area contributed by atoms with E-state index < -0.39 is 12.1 Å². The van der Waals surface area contributed by atoms with Crippen molar-refractivity contribution in [2.24, 2.45) is 0 Å². The Morgan fingerprint density at radius 3 is 2.52 bits per heavy atom. The van der Waals surface area contributed by atoms with E-state index in [-0.39, 0.29) is 11.9 Å². The van der Waals surface area contributed by atoms with Crippen LogP contribution in [0, 0.1) is 0 Å². The molecule has 154 valence electrons. The third-order valence-electron chi connectivity index (χ3n) is 5.01. The van der Waals surface area contributed by atoms with Gasteiger partial charge in [0, 0.05) is 35.8 Å². The minimum Gasteiger partial charge on any atom is -0.351 e. The number of hydrogen-bond acceptors (Lipinski definition) is 3. The Morgan fingerprint density at radius 2 is 1.83 bits per heavy atom. The minimum atomic E-state index is -0.607. The van der Waals surface area contributed by atoms with Crippen LogP contribution in [-0.4, -0.2) is 42.0 Å². The van der Waals surface area contributed by atoms with Gasteiger partial charge in [0.2, 0.25) is 5.91 Å². The molecule has 2 aromatic rings. The zero-order chi connectivity index (χ0) is 20.6. The average molecular weight is 459 g/mol. The lowest BCUT2D eigenvalue weighted by Crippen LogP contribution is -2.51. The number of carbonyl (C=O) groups is 2. The highest BCUT2D eigenvalue weighted by Gasteiger charge is 2.23. The highest BCUT2D eigenvalue weighted by molar-refractivity contribution is 9.10. The van der Waals surface area contributed by atoms with Crippen LogP contribution < -0.4 is 16.0 Å². The molecule has 0 spiro atoms. The van der Waals surface area contributed by atoms with Gasteiger partial charge in [-0.05, 0) is 43.5 Å². The van der Waals surface area contributed by atoms with Gasteiger partial charge in [0.1, 0.15) is 6.04 Å². The van der Waals surface area contributed by atoms with E-state index in [4.69, 9.17) is 0 Å². The molecule has 0 aromatic heterocycles. The molecule has 2 aromatic carbocycles. The van der Waals surface area contributed by atoms with Crippen LogP contribution >= 0.6 is 15.9 Å². The highest BCUT2D eigenvalue weighted by Crippen LogP contribution is 2.16. The summed E-state index contributed by atoms with van der Waals surface area (Å²) in [6.45, 7) is 4.53. The van der Waals surface area contributed by atoms with Gasteiger partial charge in [-0.3, -0.25) is 9.69 Å². The summed E-state index contributed by atoms with van der Waals surface area (Å²) in [5.41, 5.74) is 1.97. The fourth-order valence-electron chi connectivity index (χ4n) is 3.40. The van der Waals surface area contributed by atoms with Crippen LogP contribution in [0.5, 0.6) is 0 Å². The number of anilines is 1. The summed E-state index contributed by atoms with van der Waals surface area (Å²) in [7, 11) is 0. The number of nitrogens with one attached hydrogen (secondary N) is 3. The van der Waals surface area contributed by atoms with E-state index in [1.54, 1.807) is 19.1 Å². The van der Waals surface area contributed by atoms with Gasteiger partial charge in [0.25, 0.3) is 0 Å². The van der Waals surface area contributed by atoms with Crippen LogP contribution in [-0.2, 0) is 11.3 Å². The normalized spacial score (nSPS) is 16.1. The number of amides is 3. The minimum absolute atomic E-state index is 0.145. The summed E-state index contributed by atoms with van der Waals surface area (Å²) in [5.74, 6) is -0.157. The Morgan fingerprint density at radius 1 is 1.10 bits per heavy atom. The maximum atomic E-state index is 12.5. The van der Waals surface area contributed by atoms with Crippen molar-refractivity contribution in [3.8, 4) is 0 Å². The first kappa shape index (κ1) is 21.3. The molecule has 1 unspecified atom stereocenters. The summed E-state index contributed by atoms with van der Waals surface area (Å²) >= 11 is 3.36. The molecule has 1 heterocycles. The van der Waals surface area contributed by atoms with Crippen LogP contribution in [0.2, 0.25) is 0 Å². The Bertz CT molecular complexity index is 823. The maximum absolute atomic E-state index is 12.5. The maximum Gasteiger partial charge on any atom is 0.319 e. The Labute approximate surface area is 180 Å². The molecule has 6 nitrogen and oxygen atoms in total. The summed E-state index contributed by atoms with van der Waals surface area (Å²) < 4.78 is 0.875. The molecule has 3 amide bonds. The topological polar surface area (TPSA) is 73.5 Å². The van der Waals surface area contributed by atoms with Gasteiger partial charge in [-0.2, -0.15) is 0 Å². The first-order valence-corrected chi connectivity index (χ1v) is 10.7. The fourth-order valence-corrected chi connectivity index (χ4v) is 3.80. The van der Waals surface area contributed by atoms with E-state index in [0.717, 1.165) is 36.9 Å². The predicted octanol–water partition coefficient (Wildman–Crippen LogP) is 3.74. The lowest BCUT2D eigenvalue weighted by molar-refractivity contribution is -0.123. The number of urea groups is 1. The number of likely N-dealkylation sites (tertiary alicyclic amines) is 1. The van der Waals surface area contributed by atoms with E-state index >= 15 is 0 Å². The number of hydrogen-bond donors (Lipinski definition) is 3. The number of halogens is 1. The molecule has 29 heavy (non-hydrogen) atoms. The van der Waals surface area contributed by atoms with E-state index in [9.17, 15) is 9.59 Å². The van der Waals surface area contributed by atoms with E-state index in [1.165, 1.54) is 5.56 Å². The zero-order valence-electron chi connectivity index (χ0n) is 16.5. The van der Waals surface area contributed by atoms with Gasteiger partial charge >= 0.3 is 6.03 Å².